The van der Waals surface area contributed by atoms with E-state index in [0.29, 0.717) is 18.4 Å². The molecule has 1 amide bonds. The Morgan fingerprint density at radius 1 is 1.32 bits per heavy atom. The van der Waals surface area contributed by atoms with Crippen molar-refractivity contribution in [3.63, 3.8) is 0 Å². The van der Waals surface area contributed by atoms with Crippen molar-refractivity contribution in [2.75, 3.05) is 13.1 Å². The fourth-order valence-electron chi connectivity index (χ4n) is 2.60. The predicted octanol–water partition coefficient (Wildman–Crippen LogP) is 3.01. The van der Waals surface area contributed by atoms with Crippen molar-refractivity contribution < 1.29 is 9.53 Å². The molecule has 19 heavy (non-hydrogen) atoms. The third-order valence-corrected chi connectivity index (χ3v) is 3.53. The zero-order chi connectivity index (χ0) is 14.6. The Morgan fingerprint density at radius 2 is 1.89 bits per heavy atom. The summed E-state index contributed by atoms with van der Waals surface area (Å²) >= 11 is 0. The van der Waals surface area contributed by atoms with Gasteiger partial charge in [0.05, 0.1) is 0 Å². The van der Waals surface area contributed by atoms with E-state index >= 15 is 0 Å². The summed E-state index contributed by atoms with van der Waals surface area (Å²) in [5, 5.41) is 0. The Morgan fingerprint density at radius 3 is 2.42 bits per heavy atom. The Balaban J connectivity index is 2.55. The first-order valence-corrected chi connectivity index (χ1v) is 7.42. The summed E-state index contributed by atoms with van der Waals surface area (Å²) in [5.41, 5.74) is 5.81. The van der Waals surface area contributed by atoms with Crippen LogP contribution in [0.3, 0.4) is 0 Å². The van der Waals surface area contributed by atoms with Crippen LogP contribution in [0.1, 0.15) is 53.9 Å². The SMILES string of the molecule is CC(C)CC1CCN(C(=O)OC(C)(C)C)CCC1N. The molecule has 0 aromatic rings. The zero-order valence-corrected chi connectivity index (χ0v) is 13.1. The van der Waals surface area contributed by atoms with E-state index in [1.807, 2.05) is 25.7 Å². The molecule has 1 saturated heterocycles. The fraction of sp³-hybridized carbons (Fsp3) is 0.933. The minimum Gasteiger partial charge on any atom is -0.444 e. The van der Waals surface area contributed by atoms with Crippen LogP contribution in [0.25, 0.3) is 0 Å². The van der Waals surface area contributed by atoms with Gasteiger partial charge >= 0.3 is 6.09 Å². The average Bonchev–Trinajstić information content (AvgIpc) is 2.39. The summed E-state index contributed by atoms with van der Waals surface area (Å²) in [6, 6.07) is 0.204. The Bertz CT molecular complexity index is 297. The number of carbonyl (C=O) groups excluding carboxylic acids is 1. The molecule has 112 valence electrons. The van der Waals surface area contributed by atoms with Gasteiger partial charge in [0.2, 0.25) is 0 Å². The third kappa shape index (κ3) is 5.81. The van der Waals surface area contributed by atoms with Crippen LogP contribution in [-0.2, 0) is 4.74 Å². The lowest BCUT2D eigenvalue weighted by Gasteiger charge is -2.26. The highest BCUT2D eigenvalue weighted by atomic mass is 16.6. The molecule has 0 aromatic carbocycles. The third-order valence-electron chi connectivity index (χ3n) is 3.53. The summed E-state index contributed by atoms with van der Waals surface area (Å²) in [6.45, 7) is 11.6. The van der Waals surface area contributed by atoms with Gasteiger partial charge in [0.15, 0.2) is 0 Å². The van der Waals surface area contributed by atoms with Crippen LogP contribution in [0.4, 0.5) is 4.79 Å². The molecule has 0 spiro atoms. The molecule has 1 fully saturated rings. The lowest BCUT2D eigenvalue weighted by Crippen LogP contribution is -2.37. The number of amides is 1. The molecule has 0 aromatic heterocycles. The van der Waals surface area contributed by atoms with E-state index in [-0.39, 0.29) is 12.1 Å². The van der Waals surface area contributed by atoms with Gasteiger partial charge in [0.25, 0.3) is 0 Å². The highest BCUT2D eigenvalue weighted by Gasteiger charge is 2.28. The molecule has 2 atom stereocenters. The first kappa shape index (κ1) is 16.3. The number of ether oxygens (including phenoxy) is 1. The van der Waals surface area contributed by atoms with Crippen molar-refractivity contribution in [1.82, 2.24) is 4.90 Å². The lowest BCUT2D eigenvalue weighted by atomic mass is 9.87. The highest BCUT2D eigenvalue weighted by Crippen LogP contribution is 2.24. The molecule has 2 unspecified atom stereocenters. The van der Waals surface area contributed by atoms with E-state index < -0.39 is 5.60 Å². The molecule has 0 bridgehead atoms. The summed E-state index contributed by atoms with van der Waals surface area (Å²) in [6.07, 6.45) is 2.79. The topological polar surface area (TPSA) is 55.6 Å². The summed E-state index contributed by atoms with van der Waals surface area (Å²) in [5.74, 6) is 1.18. The van der Waals surface area contributed by atoms with Crippen molar-refractivity contribution in [2.45, 2.75) is 65.5 Å². The fourth-order valence-corrected chi connectivity index (χ4v) is 2.60. The van der Waals surface area contributed by atoms with Crippen LogP contribution < -0.4 is 5.73 Å². The van der Waals surface area contributed by atoms with Crippen molar-refractivity contribution in [2.24, 2.45) is 17.6 Å². The number of nitrogens with two attached hydrogens (primary N) is 1. The average molecular weight is 270 g/mol. The number of carbonyl (C=O) groups is 1. The summed E-state index contributed by atoms with van der Waals surface area (Å²) < 4.78 is 5.43. The molecule has 0 radical (unpaired) electrons. The van der Waals surface area contributed by atoms with Gasteiger partial charge in [-0.1, -0.05) is 13.8 Å². The second-order valence-electron chi connectivity index (χ2n) is 7.10. The monoisotopic (exact) mass is 270 g/mol. The molecular formula is C15H30N2O2. The standard InChI is InChI=1S/C15H30N2O2/c1-11(2)10-12-6-8-17(9-7-13(12)16)14(18)19-15(3,4)5/h11-13H,6-10,16H2,1-5H3. The largest absolute Gasteiger partial charge is 0.444 e. The van der Waals surface area contributed by atoms with E-state index in [1.165, 1.54) is 0 Å². The van der Waals surface area contributed by atoms with Gasteiger partial charge in [-0.15, -0.1) is 0 Å². The Labute approximate surface area is 117 Å². The van der Waals surface area contributed by atoms with Gasteiger partial charge in [-0.25, -0.2) is 4.79 Å². The predicted molar refractivity (Wildman–Crippen MR) is 78.0 cm³/mol. The van der Waals surface area contributed by atoms with Crippen LogP contribution in [0.2, 0.25) is 0 Å². The van der Waals surface area contributed by atoms with Crippen LogP contribution in [0.5, 0.6) is 0 Å². The van der Waals surface area contributed by atoms with E-state index in [2.05, 4.69) is 13.8 Å². The number of hydrogen-bond donors (Lipinski definition) is 1. The summed E-state index contributed by atoms with van der Waals surface area (Å²) in [4.78, 5) is 13.9. The van der Waals surface area contributed by atoms with Crippen LogP contribution in [0.15, 0.2) is 0 Å². The van der Waals surface area contributed by atoms with Crippen LogP contribution >= 0.6 is 0 Å². The van der Waals surface area contributed by atoms with Gasteiger partial charge in [-0.05, 0) is 51.9 Å². The van der Waals surface area contributed by atoms with Crippen molar-refractivity contribution in [3.05, 3.63) is 0 Å². The molecular weight excluding hydrogens is 240 g/mol. The van der Waals surface area contributed by atoms with Gasteiger partial charge in [-0.3, -0.25) is 0 Å². The van der Waals surface area contributed by atoms with Crippen molar-refractivity contribution in [3.8, 4) is 0 Å². The van der Waals surface area contributed by atoms with Crippen molar-refractivity contribution in [1.29, 1.82) is 0 Å². The molecule has 1 aliphatic rings. The molecule has 1 aliphatic heterocycles. The van der Waals surface area contributed by atoms with Gasteiger partial charge < -0.3 is 15.4 Å². The molecule has 0 saturated carbocycles. The number of rotatable bonds is 2. The molecule has 1 rings (SSSR count). The molecule has 1 heterocycles. The normalized spacial score (nSPS) is 25.3. The van der Waals surface area contributed by atoms with E-state index in [4.69, 9.17) is 10.5 Å². The Kier molecular flexibility index (Phi) is 5.65. The first-order valence-electron chi connectivity index (χ1n) is 7.42. The van der Waals surface area contributed by atoms with Gasteiger partial charge in [0, 0.05) is 19.1 Å². The Hall–Kier alpha value is -0.770. The summed E-state index contributed by atoms with van der Waals surface area (Å²) in [7, 11) is 0. The maximum atomic E-state index is 12.1. The minimum absolute atomic E-state index is 0.204. The number of hydrogen-bond acceptors (Lipinski definition) is 3. The molecule has 0 aliphatic carbocycles. The minimum atomic E-state index is -0.428. The maximum absolute atomic E-state index is 12.1. The first-order chi connectivity index (χ1) is 8.69. The van der Waals surface area contributed by atoms with Gasteiger partial charge in [0.1, 0.15) is 5.60 Å². The molecule has 4 heteroatoms. The highest BCUT2D eigenvalue weighted by molar-refractivity contribution is 5.68. The van der Waals surface area contributed by atoms with E-state index in [0.717, 1.165) is 25.8 Å². The van der Waals surface area contributed by atoms with Gasteiger partial charge in [-0.2, -0.15) is 0 Å². The van der Waals surface area contributed by atoms with Crippen molar-refractivity contribution >= 4 is 6.09 Å². The smallest absolute Gasteiger partial charge is 0.410 e. The molecule has 2 N–H and O–H groups in total. The quantitative estimate of drug-likeness (QED) is 0.839. The lowest BCUT2D eigenvalue weighted by molar-refractivity contribution is 0.0254. The van der Waals surface area contributed by atoms with Crippen LogP contribution in [-0.4, -0.2) is 35.7 Å². The molecule has 4 nitrogen and oxygen atoms in total. The maximum Gasteiger partial charge on any atom is 0.410 e. The zero-order valence-electron chi connectivity index (χ0n) is 13.1. The second-order valence-corrected chi connectivity index (χ2v) is 7.10. The van der Waals surface area contributed by atoms with E-state index in [1.54, 1.807) is 0 Å². The number of nitrogens with zero attached hydrogens (tertiary/aromatic N) is 1. The van der Waals surface area contributed by atoms with Crippen LogP contribution in [0, 0.1) is 11.8 Å². The number of likely N-dealkylation sites (tertiary alicyclic amines) is 1. The van der Waals surface area contributed by atoms with E-state index in [9.17, 15) is 4.79 Å². The second kappa shape index (κ2) is 6.60.